The van der Waals surface area contributed by atoms with Crippen molar-refractivity contribution in [1.82, 2.24) is 14.1 Å². The van der Waals surface area contributed by atoms with E-state index in [1.807, 2.05) is 0 Å². The SMILES string of the molecule is Cn1c(=O)c2c(NC(=O)CCl)ccnc2n(C)c1=O. The third kappa shape index (κ3) is 2.12. The maximum absolute atomic E-state index is 12.1. The van der Waals surface area contributed by atoms with Crippen LogP contribution >= 0.6 is 11.6 Å². The first-order valence-electron chi connectivity index (χ1n) is 5.38. The van der Waals surface area contributed by atoms with Crippen molar-refractivity contribution in [3.8, 4) is 0 Å². The van der Waals surface area contributed by atoms with Crippen LogP contribution in [0.1, 0.15) is 0 Å². The van der Waals surface area contributed by atoms with Crippen molar-refractivity contribution in [3.63, 3.8) is 0 Å². The molecule has 0 bridgehead atoms. The molecule has 8 heteroatoms. The largest absolute Gasteiger partial charge is 0.332 e. The molecular formula is C11H11ClN4O3. The van der Waals surface area contributed by atoms with Gasteiger partial charge in [0.05, 0.1) is 5.69 Å². The highest BCUT2D eigenvalue weighted by atomic mass is 35.5. The molecule has 2 aromatic rings. The third-order valence-electron chi connectivity index (χ3n) is 2.74. The Morgan fingerprint density at radius 2 is 2.05 bits per heavy atom. The maximum Gasteiger partial charge on any atom is 0.332 e. The molecule has 2 heterocycles. The number of carbonyl (C=O) groups is 1. The van der Waals surface area contributed by atoms with Gasteiger partial charge in [-0.15, -0.1) is 11.6 Å². The van der Waals surface area contributed by atoms with Crippen molar-refractivity contribution in [2.75, 3.05) is 11.2 Å². The molecule has 0 aromatic carbocycles. The van der Waals surface area contributed by atoms with Gasteiger partial charge < -0.3 is 5.32 Å². The summed E-state index contributed by atoms with van der Waals surface area (Å²) in [5.41, 5.74) is -0.505. The molecule has 0 aliphatic rings. The first-order chi connectivity index (χ1) is 8.97. The summed E-state index contributed by atoms with van der Waals surface area (Å²) in [6, 6.07) is 1.48. The van der Waals surface area contributed by atoms with Crippen LogP contribution in [-0.2, 0) is 18.9 Å². The molecule has 0 saturated heterocycles. The van der Waals surface area contributed by atoms with Crippen LogP contribution in [0.5, 0.6) is 0 Å². The van der Waals surface area contributed by atoms with Crippen LogP contribution in [0.25, 0.3) is 11.0 Å². The lowest BCUT2D eigenvalue weighted by atomic mass is 10.2. The smallest absolute Gasteiger partial charge is 0.324 e. The summed E-state index contributed by atoms with van der Waals surface area (Å²) in [7, 11) is 2.87. The molecule has 2 aromatic heterocycles. The molecule has 19 heavy (non-hydrogen) atoms. The molecule has 0 unspecified atom stereocenters. The van der Waals surface area contributed by atoms with Gasteiger partial charge in [0, 0.05) is 20.3 Å². The Morgan fingerprint density at radius 3 is 2.68 bits per heavy atom. The van der Waals surface area contributed by atoms with Crippen molar-refractivity contribution in [2.24, 2.45) is 14.1 Å². The summed E-state index contributed by atoms with van der Waals surface area (Å²) < 4.78 is 2.20. The van der Waals surface area contributed by atoms with E-state index in [1.165, 1.54) is 30.9 Å². The summed E-state index contributed by atoms with van der Waals surface area (Å²) in [4.78, 5) is 39.2. The van der Waals surface area contributed by atoms with Gasteiger partial charge in [-0.1, -0.05) is 0 Å². The van der Waals surface area contributed by atoms with E-state index in [4.69, 9.17) is 11.6 Å². The normalized spacial score (nSPS) is 10.7. The van der Waals surface area contributed by atoms with Crippen LogP contribution < -0.4 is 16.6 Å². The molecule has 0 aliphatic carbocycles. The zero-order valence-electron chi connectivity index (χ0n) is 10.3. The molecular weight excluding hydrogens is 272 g/mol. The number of anilines is 1. The molecule has 2 rings (SSSR count). The number of aromatic nitrogens is 3. The lowest BCUT2D eigenvalue weighted by Crippen LogP contribution is -2.37. The zero-order chi connectivity index (χ0) is 14.2. The number of halogens is 1. The second-order valence-corrected chi connectivity index (χ2v) is 4.21. The van der Waals surface area contributed by atoms with E-state index in [0.717, 1.165) is 4.57 Å². The topological polar surface area (TPSA) is 86.0 Å². The molecule has 0 fully saturated rings. The minimum absolute atomic E-state index is 0.172. The van der Waals surface area contributed by atoms with E-state index in [2.05, 4.69) is 10.3 Å². The standard InChI is InChI=1S/C11H11ClN4O3/c1-15-9-8(10(18)16(2)11(15)19)6(3-4-13-9)14-7(17)5-12/h3-4H,5H2,1-2H3,(H,13,14,17). The average Bonchev–Trinajstić information content (AvgIpc) is 2.42. The number of nitrogens with zero attached hydrogens (tertiary/aromatic N) is 3. The second kappa shape index (κ2) is 4.85. The first kappa shape index (κ1) is 13.3. The van der Waals surface area contributed by atoms with Crippen LogP contribution in [0, 0.1) is 0 Å². The molecule has 100 valence electrons. The number of pyridine rings is 1. The van der Waals surface area contributed by atoms with Crippen molar-refractivity contribution >= 4 is 34.2 Å². The Hall–Kier alpha value is -2.15. The van der Waals surface area contributed by atoms with Crippen molar-refractivity contribution in [3.05, 3.63) is 33.1 Å². The van der Waals surface area contributed by atoms with Gasteiger partial charge in [-0.25, -0.2) is 9.78 Å². The minimum Gasteiger partial charge on any atom is -0.324 e. The van der Waals surface area contributed by atoms with Gasteiger partial charge in [-0.2, -0.15) is 0 Å². The minimum atomic E-state index is -0.518. The summed E-state index contributed by atoms with van der Waals surface area (Å²) in [6.45, 7) is 0. The highest BCUT2D eigenvalue weighted by molar-refractivity contribution is 6.29. The van der Waals surface area contributed by atoms with Crippen molar-refractivity contribution in [1.29, 1.82) is 0 Å². The quantitative estimate of drug-likeness (QED) is 0.774. The van der Waals surface area contributed by atoms with E-state index in [1.54, 1.807) is 0 Å². The van der Waals surface area contributed by atoms with Gasteiger partial charge in [-0.3, -0.25) is 18.7 Å². The lowest BCUT2D eigenvalue weighted by molar-refractivity contribution is -0.113. The number of alkyl halides is 1. The number of aryl methyl sites for hydroxylation is 1. The Labute approximate surface area is 112 Å². The number of amides is 1. The van der Waals surface area contributed by atoms with E-state index in [0.29, 0.717) is 0 Å². The van der Waals surface area contributed by atoms with Crippen molar-refractivity contribution in [2.45, 2.75) is 0 Å². The molecule has 0 saturated carbocycles. The van der Waals surface area contributed by atoms with E-state index in [-0.39, 0.29) is 22.6 Å². The van der Waals surface area contributed by atoms with Gasteiger partial charge in [0.1, 0.15) is 11.3 Å². The van der Waals surface area contributed by atoms with E-state index >= 15 is 0 Å². The van der Waals surface area contributed by atoms with E-state index in [9.17, 15) is 14.4 Å². The summed E-state index contributed by atoms with van der Waals surface area (Å²) in [5.74, 6) is -0.666. The Kier molecular flexibility index (Phi) is 3.39. The van der Waals surface area contributed by atoms with Gasteiger partial charge in [-0.05, 0) is 6.07 Å². The summed E-state index contributed by atoms with van der Waals surface area (Å²) in [6.07, 6.45) is 1.41. The Morgan fingerprint density at radius 1 is 1.37 bits per heavy atom. The molecule has 0 spiro atoms. The molecule has 0 radical (unpaired) electrons. The fourth-order valence-corrected chi connectivity index (χ4v) is 1.84. The number of rotatable bonds is 2. The number of hydrogen-bond acceptors (Lipinski definition) is 4. The van der Waals surface area contributed by atoms with Crippen LogP contribution in [0.3, 0.4) is 0 Å². The number of carbonyl (C=O) groups excluding carboxylic acids is 1. The zero-order valence-corrected chi connectivity index (χ0v) is 11.1. The van der Waals surface area contributed by atoms with Crippen LogP contribution in [-0.4, -0.2) is 25.9 Å². The number of nitrogens with one attached hydrogen (secondary N) is 1. The molecule has 1 N–H and O–H groups in total. The Bertz CT molecular complexity index is 778. The molecule has 1 amide bonds. The van der Waals surface area contributed by atoms with Gasteiger partial charge >= 0.3 is 5.69 Å². The molecule has 0 aliphatic heterocycles. The number of fused-ring (bicyclic) bond motifs is 1. The lowest BCUT2D eigenvalue weighted by Gasteiger charge is -2.10. The van der Waals surface area contributed by atoms with Gasteiger partial charge in [0.2, 0.25) is 5.91 Å². The Balaban J connectivity index is 2.86. The maximum atomic E-state index is 12.1. The second-order valence-electron chi connectivity index (χ2n) is 3.94. The molecule has 0 atom stereocenters. The van der Waals surface area contributed by atoms with Crippen LogP contribution in [0.2, 0.25) is 0 Å². The summed E-state index contributed by atoms with van der Waals surface area (Å²) in [5, 5.41) is 2.68. The number of hydrogen-bond donors (Lipinski definition) is 1. The predicted octanol–water partition coefficient (Wildman–Crippen LogP) is -0.191. The predicted molar refractivity (Wildman–Crippen MR) is 71.6 cm³/mol. The van der Waals surface area contributed by atoms with Crippen LogP contribution in [0.4, 0.5) is 5.69 Å². The third-order valence-corrected chi connectivity index (χ3v) is 2.98. The summed E-state index contributed by atoms with van der Waals surface area (Å²) >= 11 is 5.41. The fourth-order valence-electron chi connectivity index (χ4n) is 1.77. The van der Waals surface area contributed by atoms with Gasteiger partial charge in [0.25, 0.3) is 5.56 Å². The van der Waals surface area contributed by atoms with E-state index < -0.39 is 17.2 Å². The monoisotopic (exact) mass is 282 g/mol. The first-order valence-corrected chi connectivity index (χ1v) is 5.91. The van der Waals surface area contributed by atoms with Gasteiger partial charge in [0.15, 0.2) is 5.65 Å². The molecule has 7 nitrogen and oxygen atoms in total. The fraction of sp³-hybridized carbons (Fsp3) is 0.273. The average molecular weight is 283 g/mol. The van der Waals surface area contributed by atoms with Crippen LogP contribution in [0.15, 0.2) is 21.9 Å². The highest BCUT2D eigenvalue weighted by Crippen LogP contribution is 2.16. The van der Waals surface area contributed by atoms with Crippen molar-refractivity contribution < 1.29 is 4.79 Å². The highest BCUT2D eigenvalue weighted by Gasteiger charge is 2.14.